The van der Waals surface area contributed by atoms with Gasteiger partial charge in [-0.2, -0.15) is 0 Å². The summed E-state index contributed by atoms with van der Waals surface area (Å²) in [6.45, 7) is 1.54. The zero-order valence-corrected chi connectivity index (χ0v) is 12.4. The van der Waals surface area contributed by atoms with E-state index in [9.17, 15) is 8.78 Å². The lowest BCUT2D eigenvalue weighted by atomic mass is 10.1. The molecule has 116 valence electrons. The minimum Gasteiger partial charge on any atom is -0.384 e. The predicted octanol–water partition coefficient (Wildman–Crippen LogP) is 3.17. The van der Waals surface area contributed by atoms with E-state index in [4.69, 9.17) is 22.1 Å². The summed E-state index contributed by atoms with van der Waals surface area (Å²) in [7, 11) is 0. The Bertz CT molecular complexity index is 698. The van der Waals surface area contributed by atoms with Crippen molar-refractivity contribution in [1.29, 1.82) is 0 Å². The lowest BCUT2D eigenvalue weighted by Gasteiger charge is -2.35. The van der Waals surface area contributed by atoms with Crippen molar-refractivity contribution in [3.05, 3.63) is 52.7 Å². The fourth-order valence-electron chi connectivity index (χ4n) is 2.47. The van der Waals surface area contributed by atoms with Crippen LogP contribution in [0, 0.1) is 11.6 Å². The predicted molar refractivity (Wildman–Crippen MR) is 80.9 cm³/mol. The Hall–Kier alpha value is -1.92. The zero-order valence-electron chi connectivity index (χ0n) is 11.6. The van der Waals surface area contributed by atoms with Gasteiger partial charge in [-0.1, -0.05) is 17.7 Å². The van der Waals surface area contributed by atoms with Crippen molar-refractivity contribution in [2.24, 2.45) is 0 Å². The summed E-state index contributed by atoms with van der Waals surface area (Å²) >= 11 is 6.16. The summed E-state index contributed by atoms with van der Waals surface area (Å²) in [6.07, 6.45) is 1.13. The number of morpholine rings is 1. The minimum atomic E-state index is -0.885. The second-order valence-electron chi connectivity index (χ2n) is 5.04. The number of hydrogen-bond acceptors (Lipinski definition) is 4. The molecule has 1 aliphatic rings. The Morgan fingerprint density at radius 3 is 2.86 bits per heavy atom. The van der Waals surface area contributed by atoms with Crippen LogP contribution in [0.4, 0.5) is 20.3 Å². The summed E-state index contributed by atoms with van der Waals surface area (Å²) in [4.78, 5) is 5.93. The van der Waals surface area contributed by atoms with Gasteiger partial charge in [0.1, 0.15) is 11.9 Å². The average Bonchev–Trinajstić information content (AvgIpc) is 2.52. The smallest absolute Gasteiger partial charge is 0.159 e. The fourth-order valence-corrected chi connectivity index (χ4v) is 2.69. The molecule has 1 unspecified atom stereocenters. The van der Waals surface area contributed by atoms with Gasteiger partial charge in [-0.15, -0.1) is 0 Å². The van der Waals surface area contributed by atoms with Crippen LogP contribution in [-0.4, -0.2) is 24.7 Å². The highest BCUT2D eigenvalue weighted by Crippen LogP contribution is 2.31. The number of benzene rings is 1. The van der Waals surface area contributed by atoms with E-state index < -0.39 is 11.6 Å². The summed E-state index contributed by atoms with van der Waals surface area (Å²) in [5, 5.41) is 0.486. The number of aromatic nitrogens is 1. The summed E-state index contributed by atoms with van der Waals surface area (Å²) < 4.78 is 32.1. The number of ether oxygens (including phenoxy) is 1. The molecule has 0 radical (unpaired) electrons. The summed E-state index contributed by atoms with van der Waals surface area (Å²) in [5.74, 6) is -1.39. The third-order valence-electron chi connectivity index (χ3n) is 3.58. The lowest BCUT2D eigenvalue weighted by molar-refractivity contribution is 0.0395. The van der Waals surface area contributed by atoms with Crippen LogP contribution < -0.4 is 10.6 Å². The zero-order chi connectivity index (χ0) is 15.7. The first-order valence-corrected chi connectivity index (χ1v) is 7.15. The van der Waals surface area contributed by atoms with Crippen LogP contribution >= 0.6 is 11.6 Å². The minimum absolute atomic E-state index is 0.366. The van der Waals surface area contributed by atoms with Gasteiger partial charge in [0.25, 0.3) is 0 Å². The summed E-state index contributed by atoms with van der Waals surface area (Å²) in [6, 6.07) is 5.47. The Kier molecular flexibility index (Phi) is 4.13. The van der Waals surface area contributed by atoms with Gasteiger partial charge in [-0.25, -0.2) is 13.8 Å². The maximum atomic E-state index is 13.4. The van der Waals surface area contributed by atoms with E-state index in [1.54, 1.807) is 6.07 Å². The number of rotatable bonds is 2. The van der Waals surface area contributed by atoms with Crippen LogP contribution in [0.1, 0.15) is 11.7 Å². The second kappa shape index (κ2) is 6.06. The van der Waals surface area contributed by atoms with Crippen LogP contribution in [0.3, 0.4) is 0 Å². The van der Waals surface area contributed by atoms with Gasteiger partial charge in [0.05, 0.1) is 17.3 Å². The normalized spacial score (nSPS) is 18.5. The molecule has 7 heteroatoms. The first-order valence-electron chi connectivity index (χ1n) is 6.77. The molecule has 1 aliphatic heterocycles. The Morgan fingerprint density at radius 1 is 1.27 bits per heavy atom. The van der Waals surface area contributed by atoms with E-state index in [1.165, 1.54) is 12.3 Å². The lowest BCUT2D eigenvalue weighted by Crippen LogP contribution is -2.38. The van der Waals surface area contributed by atoms with Crippen LogP contribution in [0.5, 0.6) is 0 Å². The van der Waals surface area contributed by atoms with Gasteiger partial charge >= 0.3 is 0 Å². The molecule has 1 aromatic heterocycles. The molecule has 0 aliphatic carbocycles. The fraction of sp³-hybridized carbons (Fsp3) is 0.267. The van der Waals surface area contributed by atoms with E-state index in [2.05, 4.69) is 4.98 Å². The Balaban J connectivity index is 1.84. The molecule has 2 heterocycles. The van der Waals surface area contributed by atoms with Crippen molar-refractivity contribution in [1.82, 2.24) is 4.98 Å². The first kappa shape index (κ1) is 15.0. The van der Waals surface area contributed by atoms with Crippen LogP contribution in [0.15, 0.2) is 30.5 Å². The van der Waals surface area contributed by atoms with Crippen molar-refractivity contribution in [3.63, 3.8) is 0 Å². The van der Waals surface area contributed by atoms with Gasteiger partial charge in [-0.05, 0) is 17.7 Å². The molecule has 0 amide bonds. The topological polar surface area (TPSA) is 51.4 Å². The molecule has 3 rings (SSSR count). The number of hydrogen-bond donors (Lipinski definition) is 1. The molecule has 1 atom stereocenters. The van der Waals surface area contributed by atoms with Crippen molar-refractivity contribution >= 4 is 23.1 Å². The largest absolute Gasteiger partial charge is 0.384 e. The molecule has 4 nitrogen and oxygen atoms in total. The third kappa shape index (κ3) is 2.98. The number of pyridine rings is 1. The number of halogens is 3. The van der Waals surface area contributed by atoms with E-state index in [0.717, 1.165) is 17.8 Å². The Labute approximate surface area is 131 Å². The van der Waals surface area contributed by atoms with Gasteiger partial charge in [0.2, 0.25) is 0 Å². The van der Waals surface area contributed by atoms with Gasteiger partial charge in [0.15, 0.2) is 11.6 Å². The molecular formula is C15H14ClF2N3O. The Morgan fingerprint density at radius 2 is 2.09 bits per heavy atom. The molecule has 0 spiro atoms. The second-order valence-corrected chi connectivity index (χ2v) is 5.45. The molecule has 22 heavy (non-hydrogen) atoms. The molecule has 0 bridgehead atoms. The standard InChI is InChI=1S/C15H14ClF2N3O/c16-10-7-20-15(19)6-13(10)21-3-4-22-14(8-21)9-1-2-11(17)12(18)5-9/h1-2,5-7,14H,3-4,8H2,(H2,19,20). The van der Waals surface area contributed by atoms with Crippen LogP contribution in [-0.2, 0) is 4.74 Å². The third-order valence-corrected chi connectivity index (χ3v) is 3.87. The van der Waals surface area contributed by atoms with Gasteiger partial charge in [-0.3, -0.25) is 0 Å². The van der Waals surface area contributed by atoms with Gasteiger partial charge in [0, 0.05) is 25.4 Å². The average molecular weight is 326 g/mol. The first-order chi connectivity index (χ1) is 10.5. The molecule has 2 N–H and O–H groups in total. The van der Waals surface area contributed by atoms with Crippen molar-refractivity contribution in [2.75, 3.05) is 30.3 Å². The highest BCUT2D eigenvalue weighted by Gasteiger charge is 2.24. The number of nitrogens with zero attached hydrogens (tertiary/aromatic N) is 2. The van der Waals surface area contributed by atoms with Crippen molar-refractivity contribution in [2.45, 2.75) is 6.10 Å². The van der Waals surface area contributed by atoms with E-state index >= 15 is 0 Å². The molecule has 1 aromatic carbocycles. The molecule has 0 saturated carbocycles. The molecule has 1 saturated heterocycles. The number of nitrogens with two attached hydrogens (primary N) is 1. The quantitative estimate of drug-likeness (QED) is 0.921. The highest BCUT2D eigenvalue weighted by molar-refractivity contribution is 6.33. The van der Waals surface area contributed by atoms with E-state index in [0.29, 0.717) is 36.1 Å². The number of anilines is 2. The van der Waals surface area contributed by atoms with Gasteiger partial charge < -0.3 is 15.4 Å². The molecule has 1 fully saturated rings. The SMILES string of the molecule is Nc1cc(N2CCOC(c3ccc(F)c(F)c3)C2)c(Cl)cn1. The van der Waals surface area contributed by atoms with E-state index in [1.807, 2.05) is 4.90 Å². The summed E-state index contributed by atoms with van der Waals surface area (Å²) in [5.41, 5.74) is 7.04. The molecular weight excluding hydrogens is 312 g/mol. The monoisotopic (exact) mass is 325 g/mol. The van der Waals surface area contributed by atoms with Crippen molar-refractivity contribution < 1.29 is 13.5 Å². The molecule has 2 aromatic rings. The van der Waals surface area contributed by atoms with Crippen LogP contribution in [0.25, 0.3) is 0 Å². The van der Waals surface area contributed by atoms with Crippen LogP contribution in [0.2, 0.25) is 5.02 Å². The van der Waals surface area contributed by atoms with E-state index in [-0.39, 0.29) is 6.10 Å². The maximum absolute atomic E-state index is 13.4. The maximum Gasteiger partial charge on any atom is 0.159 e. The highest BCUT2D eigenvalue weighted by atomic mass is 35.5. The van der Waals surface area contributed by atoms with Crippen molar-refractivity contribution in [3.8, 4) is 0 Å². The number of nitrogen functional groups attached to an aromatic ring is 1.